The molecule has 13 heteroatoms. The number of sulfonamides is 2. The summed E-state index contributed by atoms with van der Waals surface area (Å²) in [5.41, 5.74) is 1.82. The van der Waals surface area contributed by atoms with Gasteiger partial charge in [0, 0.05) is 23.8 Å². The number of benzene rings is 2. The maximum Gasteiger partial charge on any atom is 0.242 e. The van der Waals surface area contributed by atoms with Gasteiger partial charge in [-0.25, -0.2) is 26.3 Å². The van der Waals surface area contributed by atoms with Crippen molar-refractivity contribution in [2.24, 2.45) is 0 Å². The van der Waals surface area contributed by atoms with Crippen molar-refractivity contribution in [1.29, 1.82) is 0 Å². The van der Waals surface area contributed by atoms with Gasteiger partial charge in [-0.1, -0.05) is 12.1 Å². The van der Waals surface area contributed by atoms with Gasteiger partial charge in [0.2, 0.25) is 26.0 Å². The van der Waals surface area contributed by atoms with Gasteiger partial charge in [-0.05, 0) is 63.7 Å². The third kappa shape index (κ3) is 5.53. The van der Waals surface area contributed by atoms with Crippen LogP contribution in [0.4, 0.5) is 29.0 Å². The average Bonchev–Trinajstić information content (AvgIpc) is 3.28. The van der Waals surface area contributed by atoms with Crippen molar-refractivity contribution in [2.75, 3.05) is 29.5 Å². The Morgan fingerprint density at radius 2 is 1.63 bits per heavy atom. The minimum atomic E-state index is -3.74. The first-order valence-corrected chi connectivity index (χ1v) is 13.9. The van der Waals surface area contributed by atoms with Gasteiger partial charge in [0.1, 0.15) is 16.5 Å². The molecule has 0 amide bonds. The van der Waals surface area contributed by atoms with E-state index < -0.39 is 20.0 Å². The summed E-state index contributed by atoms with van der Waals surface area (Å²) in [6.45, 7) is 4.19. The Hall–Kier alpha value is -3.26. The maximum absolute atomic E-state index is 12.9. The zero-order valence-electron chi connectivity index (χ0n) is 19.5. The molecule has 0 fully saturated rings. The quantitative estimate of drug-likeness (QED) is 0.288. The van der Waals surface area contributed by atoms with E-state index in [9.17, 15) is 16.8 Å². The van der Waals surface area contributed by atoms with Crippen LogP contribution in [0.2, 0.25) is 0 Å². The molecule has 11 nitrogen and oxygen atoms in total. The lowest BCUT2D eigenvalue weighted by Crippen LogP contribution is -2.30. The molecular formula is C22H27N7O4S2. The van der Waals surface area contributed by atoms with Gasteiger partial charge >= 0.3 is 0 Å². The molecule has 0 unspecified atom stereocenters. The standard InChI is InChI=1S/C22H27N7O4S2/c1-14(2)29-35(32,33)19-7-5-4-6-18(19)26-21-17-12-13-24-20(17)27-22(28-21)25-15-8-10-16(11-9-15)34(30,31)23-3/h4-11,14,23,29H,12-13H2,1-3H3,(H3,24,25,26,27,28). The van der Waals surface area contributed by atoms with Crippen LogP contribution in [-0.4, -0.2) is 46.4 Å². The molecule has 1 aromatic heterocycles. The summed E-state index contributed by atoms with van der Waals surface area (Å²) in [7, 11) is -5.94. The van der Waals surface area contributed by atoms with Gasteiger partial charge in [-0.3, -0.25) is 0 Å². The summed E-state index contributed by atoms with van der Waals surface area (Å²) in [6.07, 6.45) is 0.674. The van der Waals surface area contributed by atoms with Crippen molar-refractivity contribution in [3.05, 3.63) is 54.1 Å². The molecule has 0 radical (unpaired) electrons. The second-order valence-corrected chi connectivity index (χ2v) is 11.7. The molecule has 3 aromatic rings. The van der Waals surface area contributed by atoms with Crippen LogP contribution in [0, 0.1) is 0 Å². The minimum absolute atomic E-state index is 0.114. The highest BCUT2D eigenvalue weighted by molar-refractivity contribution is 7.89. The topological polar surface area (TPSA) is 154 Å². The Labute approximate surface area is 204 Å². The zero-order chi connectivity index (χ0) is 25.2. The molecule has 0 aliphatic carbocycles. The molecule has 2 aromatic carbocycles. The van der Waals surface area contributed by atoms with Gasteiger partial charge in [-0.15, -0.1) is 0 Å². The summed E-state index contributed by atoms with van der Waals surface area (Å²) in [5, 5.41) is 9.47. The normalized spacial score (nSPS) is 13.4. The predicted octanol–water partition coefficient (Wildman–Crippen LogP) is 2.53. The SMILES string of the molecule is CNS(=O)(=O)c1ccc(Nc2nc3c(c(Nc4ccccc4S(=O)(=O)NC(C)C)n2)CCN3)cc1. The Morgan fingerprint density at radius 3 is 2.31 bits per heavy atom. The van der Waals surface area contributed by atoms with Crippen LogP contribution in [-0.2, 0) is 26.5 Å². The van der Waals surface area contributed by atoms with Crippen LogP contribution in [0.3, 0.4) is 0 Å². The highest BCUT2D eigenvalue weighted by Crippen LogP contribution is 2.32. The molecular weight excluding hydrogens is 490 g/mol. The van der Waals surface area contributed by atoms with Gasteiger partial charge in [-0.2, -0.15) is 9.97 Å². The molecule has 186 valence electrons. The molecule has 2 heterocycles. The Bertz CT molecular complexity index is 1440. The van der Waals surface area contributed by atoms with E-state index in [2.05, 4.69) is 35.4 Å². The predicted molar refractivity (Wildman–Crippen MR) is 135 cm³/mol. The summed E-state index contributed by atoms with van der Waals surface area (Å²) in [4.78, 5) is 9.35. The van der Waals surface area contributed by atoms with E-state index in [1.807, 2.05) is 0 Å². The first kappa shape index (κ1) is 24.9. The van der Waals surface area contributed by atoms with E-state index in [-0.39, 0.29) is 21.8 Å². The molecule has 0 atom stereocenters. The molecule has 0 bridgehead atoms. The number of hydrogen-bond donors (Lipinski definition) is 5. The third-order valence-electron chi connectivity index (χ3n) is 5.18. The summed E-state index contributed by atoms with van der Waals surface area (Å²) < 4.78 is 54.5. The van der Waals surface area contributed by atoms with Crippen LogP contribution in [0.15, 0.2) is 58.3 Å². The van der Waals surface area contributed by atoms with Gasteiger partial charge in [0.15, 0.2) is 0 Å². The number of anilines is 5. The number of nitrogens with one attached hydrogen (secondary N) is 5. The highest BCUT2D eigenvalue weighted by atomic mass is 32.2. The lowest BCUT2D eigenvalue weighted by molar-refractivity contribution is 0.570. The number of para-hydroxylation sites is 1. The number of aromatic nitrogens is 2. The first-order chi connectivity index (χ1) is 16.6. The largest absolute Gasteiger partial charge is 0.369 e. The maximum atomic E-state index is 12.9. The lowest BCUT2D eigenvalue weighted by Gasteiger charge is -2.16. The van der Waals surface area contributed by atoms with E-state index >= 15 is 0 Å². The number of rotatable bonds is 9. The molecule has 1 aliphatic rings. The van der Waals surface area contributed by atoms with Gasteiger partial charge in [0.05, 0.1) is 10.6 Å². The van der Waals surface area contributed by atoms with E-state index in [4.69, 9.17) is 0 Å². The van der Waals surface area contributed by atoms with Crippen LogP contribution < -0.4 is 25.4 Å². The van der Waals surface area contributed by atoms with E-state index in [1.165, 1.54) is 25.2 Å². The van der Waals surface area contributed by atoms with Crippen molar-refractivity contribution in [3.63, 3.8) is 0 Å². The molecule has 35 heavy (non-hydrogen) atoms. The monoisotopic (exact) mass is 517 g/mol. The van der Waals surface area contributed by atoms with Crippen molar-refractivity contribution >= 4 is 49.0 Å². The molecule has 5 N–H and O–H groups in total. The third-order valence-corrected chi connectivity index (χ3v) is 8.33. The van der Waals surface area contributed by atoms with Gasteiger partial charge < -0.3 is 16.0 Å². The highest BCUT2D eigenvalue weighted by Gasteiger charge is 2.23. The fraction of sp³-hybridized carbons (Fsp3) is 0.273. The van der Waals surface area contributed by atoms with Crippen LogP contribution >= 0.6 is 0 Å². The first-order valence-electron chi connectivity index (χ1n) is 10.9. The van der Waals surface area contributed by atoms with Crippen molar-refractivity contribution in [3.8, 4) is 0 Å². The Kier molecular flexibility index (Phi) is 6.94. The Morgan fingerprint density at radius 1 is 0.914 bits per heavy atom. The minimum Gasteiger partial charge on any atom is -0.369 e. The van der Waals surface area contributed by atoms with Crippen LogP contribution in [0.5, 0.6) is 0 Å². The van der Waals surface area contributed by atoms with Crippen molar-refractivity contribution < 1.29 is 16.8 Å². The van der Waals surface area contributed by atoms with Gasteiger partial charge in [0.25, 0.3) is 0 Å². The van der Waals surface area contributed by atoms with Crippen LogP contribution in [0.25, 0.3) is 0 Å². The fourth-order valence-electron chi connectivity index (χ4n) is 3.60. The number of nitrogens with zero attached hydrogens (tertiary/aromatic N) is 2. The molecule has 0 saturated heterocycles. The van der Waals surface area contributed by atoms with E-state index in [0.717, 1.165) is 5.56 Å². The number of hydrogen-bond acceptors (Lipinski definition) is 9. The molecule has 0 saturated carbocycles. The van der Waals surface area contributed by atoms with E-state index in [0.29, 0.717) is 36.0 Å². The second-order valence-electron chi connectivity index (χ2n) is 8.15. The number of fused-ring (bicyclic) bond motifs is 1. The second kappa shape index (κ2) is 9.77. The molecule has 4 rings (SSSR count). The van der Waals surface area contributed by atoms with Crippen molar-refractivity contribution in [1.82, 2.24) is 19.4 Å². The molecule has 1 aliphatic heterocycles. The Balaban J connectivity index is 1.66. The molecule has 0 spiro atoms. The van der Waals surface area contributed by atoms with E-state index in [1.54, 1.807) is 44.2 Å². The fourth-order valence-corrected chi connectivity index (χ4v) is 5.75. The summed E-state index contributed by atoms with van der Waals surface area (Å²) in [5.74, 6) is 1.38. The summed E-state index contributed by atoms with van der Waals surface area (Å²) in [6, 6.07) is 12.5. The average molecular weight is 518 g/mol. The zero-order valence-corrected chi connectivity index (χ0v) is 21.1. The lowest BCUT2D eigenvalue weighted by atomic mass is 10.2. The van der Waals surface area contributed by atoms with Crippen molar-refractivity contribution in [2.45, 2.75) is 36.1 Å². The smallest absolute Gasteiger partial charge is 0.242 e. The van der Waals surface area contributed by atoms with Crippen LogP contribution in [0.1, 0.15) is 19.4 Å². The summed E-state index contributed by atoms with van der Waals surface area (Å²) >= 11 is 0.